The number of hydrogen-bond acceptors (Lipinski definition) is 3. The maximum atomic E-state index is 11.0. The lowest BCUT2D eigenvalue weighted by Gasteiger charge is -2.21. The Labute approximate surface area is 76.0 Å². The molecule has 2 heterocycles. The van der Waals surface area contributed by atoms with Crippen molar-refractivity contribution in [2.75, 3.05) is 6.61 Å². The van der Waals surface area contributed by atoms with Crippen LogP contribution in [0.1, 0.15) is 31.1 Å². The van der Waals surface area contributed by atoms with Gasteiger partial charge in [0, 0.05) is 12.8 Å². The first-order valence-corrected chi connectivity index (χ1v) is 4.52. The van der Waals surface area contributed by atoms with Gasteiger partial charge < -0.3 is 9.72 Å². The fraction of sp³-hybridized carbons (Fsp3) is 0.556. The maximum absolute atomic E-state index is 11.0. The van der Waals surface area contributed by atoms with Crippen molar-refractivity contribution < 1.29 is 4.74 Å². The van der Waals surface area contributed by atoms with E-state index in [0.717, 1.165) is 31.6 Å². The summed E-state index contributed by atoms with van der Waals surface area (Å²) < 4.78 is 5.51. The first-order valence-electron chi connectivity index (χ1n) is 4.52. The highest BCUT2D eigenvalue weighted by Crippen LogP contribution is 2.24. The van der Waals surface area contributed by atoms with Crippen LogP contribution in [0.5, 0.6) is 0 Å². The van der Waals surface area contributed by atoms with Gasteiger partial charge in [-0.05, 0) is 19.3 Å². The minimum atomic E-state index is -0.160. The van der Waals surface area contributed by atoms with Gasteiger partial charge in [0.1, 0.15) is 0 Å². The molecule has 0 amide bonds. The summed E-state index contributed by atoms with van der Waals surface area (Å²) in [7, 11) is 0. The van der Waals surface area contributed by atoms with Crippen LogP contribution in [0.25, 0.3) is 0 Å². The number of nitrogens with one attached hydrogen (secondary N) is 1. The molecule has 0 spiro atoms. The number of nitrogens with zero attached hydrogens (tertiary/aromatic N) is 1. The number of rotatable bonds is 1. The largest absolute Gasteiger partial charge is 0.372 e. The maximum Gasteiger partial charge on any atom is 0.266 e. The highest BCUT2D eigenvalue weighted by molar-refractivity contribution is 5.00. The van der Waals surface area contributed by atoms with Gasteiger partial charge in [-0.2, -0.15) is 0 Å². The SMILES string of the molecule is O=c1cncc(C2CCCCO2)[nH]1. The van der Waals surface area contributed by atoms with Crippen LogP contribution in [0.15, 0.2) is 17.2 Å². The van der Waals surface area contributed by atoms with E-state index in [0.29, 0.717) is 0 Å². The van der Waals surface area contributed by atoms with Crippen molar-refractivity contribution in [1.29, 1.82) is 0 Å². The van der Waals surface area contributed by atoms with Crippen LogP contribution in [-0.2, 0) is 4.74 Å². The van der Waals surface area contributed by atoms with Gasteiger partial charge >= 0.3 is 0 Å². The lowest BCUT2D eigenvalue weighted by atomic mass is 10.1. The Morgan fingerprint density at radius 3 is 3.08 bits per heavy atom. The normalized spacial score (nSPS) is 22.9. The highest BCUT2D eigenvalue weighted by Gasteiger charge is 2.16. The summed E-state index contributed by atoms with van der Waals surface area (Å²) in [6, 6.07) is 0. The predicted molar refractivity (Wildman–Crippen MR) is 47.4 cm³/mol. The molecule has 0 aliphatic carbocycles. The number of H-pyrrole nitrogens is 1. The van der Waals surface area contributed by atoms with Crippen LogP contribution in [0.2, 0.25) is 0 Å². The molecule has 1 fully saturated rings. The average Bonchev–Trinajstić information content (AvgIpc) is 2.19. The molecule has 1 unspecified atom stereocenters. The van der Waals surface area contributed by atoms with Crippen molar-refractivity contribution in [3.8, 4) is 0 Å². The fourth-order valence-electron chi connectivity index (χ4n) is 1.54. The molecule has 1 atom stereocenters. The molecule has 70 valence electrons. The Hall–Kier alpha value is -1.16. The van der Waals surface area contributed by atoms with E-state index in [1.807, 2.05) is 0 Å². The molecule has 1 saturated heterocycles. The Bertz CT molecular complexity index is 328. The summed E-state index contributed by atoms with van der Waals surface area (Å²) in [6.07, 6.45) is 6.21. The van der Waals surface area contributed by atoms with Crippen molar-refractivity contribution in [3.05, 3.63) is 28.4 Å². The molecule has 0 saturated carbocycles. The van der Waals surface area contributed by atoms with Gasteiger partial charge in [0.05, 0.1) is 18.0 Å². The molecule has 0 aromatic carbocycles. The number of ether oxygens (including phenoxy) is 1. The Kier molecular flexibility index (Phi) is 2.40. The summed E-state index contributed by atoms with van der Waals surface area (Å²) in [5, 5.41) is 0. The molecule has 1 N–H and O–H groups in total. The van der Waals surface area contributed by atoms with Crippen LogP contribution in [0.4, 0.5) is 0 Å². The van der Waals surface area contributed by atoms with Crippen molar-refractivity contribution in [3.63, 3.8) is 0 Å². The summed E-state index contributed by atoms with van der Waals surface area (Å²) in [6.45, 7) is 0.779. The van der Waals surface area contributed by atoms with Gasteiger partial charge in [0.25, 0.3) is 5.56 Å². The first-order chi connectivity index (χ1) is 6.36. The van der Waals surface area contributed by atoms with E-state index in [2.05, 4.69) is 9.97 Å². The van der Waals surface area contributed by atoms with Crippen LogP contribution in [0, 0.1) is 0 Å². The third-order valence-electron chi connectivity index (χ3n) is 2.20. The molecular weight excluding hydrogens is 168 g/mol. The average molecular weight is 180 g/mol. The van der Waals surface area contributed by atoms with Gasteiger partial charge in [0.2, 0.25) is 0 Å². The monoisotopic (exact) mass is 180 g/mol. The molecule has 0 bridgehead atoms. The van der Waals surface area contributed by atoms with E-state index in [-0.39, 0.29) is 11.7 Å². The minimum absolute atomic E-state index is 0.0372. The second-order valence-corrected chi connectivity index (χ2v) is 3.21. The molecule has 1 aromatic rings. The van der Waals surface area contributed by atoms with Gasteiger partial charge in [-0.15, -0.1) is 0 Å². The number of aromatic nitrogens is 2. The zero-order valence-electron chi connectivity index (χ0n) is 7.32. The zero-order chi connectivity index (χ0) is 9.10. The molecular formula is C9H12N2O2. The minimum Gasteiger partial charge on any atom is -0.372 e. The number of hydrogen-bond donors (Lipinski definition) is 1. The first kappa shape index (κ1) is 8.44. The standard InChI is InChI=1S/C9H12N2O2/c12-9-6-10-5-7(11-9)8-3-1-2-4-13-8/h5-6,8H,1-4H2,(H,11,12). The van der Waals surface area contributed by atoms with E-state index in [1.54, 1.807) is 6.20 Å². The molecule has 1 aliphatic rings. The van der Waals surface area contributed by atoms with Gasteiger partial charge in [-0.3, -0.25) is 9.78 Å². The zero-order valence-corrected chi connectivity index (χ0v) is 7.32. The van der Waals surface area contributed by atoms with Gasteiger partial charge in [-0.25, -0.2) is 0 Å². The molecule has 4 nitrogen and oxygen atoms in total. The summed E-state index contributed by atoms with van der Waals surface area (Å²) in [5.41, 5.74) is 0.638. The summed E-state index contributed by atoms with van der Waals surface area (Å²) >= 11 is 0. The molecule has 13 heavy (non-hydrogen) atoms. The van der Waals surface area contributed by atoms with E-state index >= 15 is 0 Å². The van der Waals surface area contributed by atoms with E-state index in [4.69, 9.17) is 4.74 Å². The van der Waals surface area contributed by atoms with E-state index < -0.39 is 0 Å². The summed E-state index contributed by atoms with van der Waals surface area (Å²) in [4.78, 5) is 17.5. The van der Waals surface area contributed by atoms with Crippen LogP contribution < -0.4 is 5.56 Å². The summed E-state index contributed by atoms with van der Waals surface area (Å²) in [5.74, 6) is 0. The van der Waals surface area contributed by atoms with Crippen LogP contribution in [0.3, 0.4) is 0 Å². The van der Waals surface area contributed by atoms with Gasteiger partial charge in [-0.1, -0.05) is 0 Å². The van der Waals surface area contributed by atoms with Crippen molar-refractivity contribution in [2.24, 2.45) is 0 Å². The highest BCUT2D eigenvalue weighted by atomic mass is 16.5. The topological polar surface area (TPSA) is 55.0 Å². The smallest absolute Gasteiger partial charge is 0.266 e. The van der Waals surface area contributed by atoms with Crippen LogP contribution >= 0.6 is 0 Å². The second-order valence-electron chi connectivity index (χ2n) is 3.21. The van der Waals surface area contributed by atoms with Gasteiger partial charge in [0.15, 0.2) is 0 Å². The van der Waals surface area contributed by atoms with Crippen LogP contribution in [-0.4, -0.2) is 16.6 Å². The quantitative estimate of drug-likeness (QED) is 0.701. The molecule has 0 radical (unpaired) electrons. The Balaban J connectivity index is 2.19. The Morgan fingerprint density at radius 1 is 1.46 bits per heavy atom. The third-order valence-corrected chi connectivity index (χ3v) is 2.20. The molecule has 1 aromatic heterocycles. The second kappa shape index (κ2) is 3.70. The molecule has 4 heteroatoms. The fourth-order valence-corrected chi connectivity index (χ4v) is 1.54. The lowest BCUT2D eigenvalue weighted by Crippen LogP contribution is -2.17. The Morgan fingerprint density at radius 2 is 2.38 bits per heavy atom. The third kappa shape index (κ3) is 1.95. The number of aromatic amines is 1. The van der Waals surface area contributed by atoms with E-state index in [1.165, 1.54) is 6.20 Å². The molecule has 1 aliphatic heterocycles. The predicted octanol–water partition coefficient (Wildman–Crippen LogP) is 1.01. The lowest BCUT2D eigenvalue weighted by molar-refractivity contribution is 0.0119. The van der Waals surface area contributed by atoms with Crippen molar-refractivity contribution in [2.45, 2.75) is 25.4 Å². The van der Waals surface area contributed by atoms with Crippen molar-refractivity contribution in [1.82, 2.24) is 9.97 Å². The molecule has 2 rings (SSSR count). The van der Waals surface area contributed by atoms with E-state index in [9.17, 15) is 4.79 Å². The van der Waals surface area contributed by atoms with Crippen molar-refractivity contribution >= 4 is 0 Å².